The molecule has 0 bridgehead atoms. The van der Waals surface area contributed by atoms with Gasteiger partial charge in [0.25, 0.3) is 0 Å². The minimum atomic E-state index is 0.0823. The predicted molar refractivity (Wildman–Crippen MR) is 61.9 cm³/mol. The third-order valence-electron chi connectivity index (χ3n) is 2.20. The van der Waals surface area contributed by atoms with Crippen LogP contribution in [0.2, 0.25) is 0 Å². The number of hydrogen-bond donors (Lipinski definition) is 1. The first-order chi connectivity index (χ1) is 7.20. The fraction of sp³-hybridized carbons (Fsp3) is 0.417. The standard InChI is InChI=1S/C10H12N2O.C2H6/c1-7-3-10-11-8(2)4-12(10)5-9(7)6-13;1-2/h3-5,13H,6H2,1-2H3;1-2H3. The molecule has 0 aromatic carbocycles. The summed E-state index contributed by atoms with van der Waals surface area (Å²) in [6.07, 6.45) is 3.87. The molecule has 0 aliphatic rings. The molecule has 0 unspecified atom stereocenters. The maximum absolute atomic E-state index is 9.05. The van der Waals surface area contributed by atoms with Crippen LogP contribution in [0.15, 0.2) is 18.5 Å². The van der Waals surface area contributed by atoms with Crippen molar-refractivity contribution in [3.8, 4) is 0 Å². The lowest BCUT2D eigenvalue weighted by Crippen LogP contribution is -1.93. The van der Waals surface area contributed by atoms with E-state index >= 15 is 0 Å². The van der Waals surface area contributed by atoms with E-state index in [2.05, 4.69) is 4.98 Å². The highest BCUT2D eigenvalue weighted by molar-refractivity contribution is 5.45. The van der Waals surface area contributed by atoms with Crippen molar-refractivity contribution in [2.45, 2.75) is 34.3 Å². The Morgan fingerprint density at radius 2 is 1.93 bits per heavy atom. The quantitative estimate of drug-likeness (QED) is 0.778. The molecule has 3 heteroatoms. The monoisotopic (exact) mass is 206 g/mol. The van der Waals surface area contributed by atoms with E-state index in [0.29, 0.717) is 0 Å². The molecule has 1 N–H and O–H groups in total. The van der Waals surface area contributed by atoms with Crippen molar-refractivity contribution in [2.75, 3.05) is 0 Å². The SMILES string of the molecule is CC.Cc1cn2cc(CO)c(C)cc2n1. The zero-order chi connectivity index (χ0) is 11.4. The summed E-state index contributed by atoms with van der Waals surface area (Å²) in [6, 6.07) is 1.98. The highest BCUT2D eigenvalue weighted by Crippen LogP contribution is 2.12. The molecule has 0 saturated heterocycles. The fourth-order valence-electron chi connectivity index (χ4n) is 1.47. The second-order valence-corrected chi connectivity index (χ2v) is 3.29. The highest BCUT2D eigenvalue weighted by Gasteiger charge is 2.02. The molecule has 0 aliphatic carbocycles. The Bertz CT molecular complexity index is 446. The maximum Gasteiger partial charge on any atom is 0.137 e. The number of aliphatic hydroxyl groups is 1. The summed E-state index contributed by atoms with van der Waals surface area (Å²) in [5.41, 5.74) is 3.96. The van der Waals surface area contributed by atoms with Gasteiger partial charge in [0, 0.05) is 12.4 Å². The lowest BCUT2D eigenvalue weighted by Gasteiger charge is -2.02. The van der Waals surface area contributed by atoms with Gasteiger partial charge < -0.3 is 9.51 Å². The third kappa shape index (κ3) is 2.36. The number of aliphatic hydroxyl groups excluding tert-OH is 1. The predicted octanol–water partition coefficient (Wildman–Crippen LogP) is 2.47. The molecule has 0 amide bonds. The summed E-state index contributed by atoms with van der Waals surface area (Å²) in [5, 5.41) is 9.05. The Kier molecular flexibility index (Phi) is 3.86. The first-order valence-corrected chi connectivity index (χ1v) is 5.26. The minimum Gasteiger partial charge on any atom is -0.392 e. The number of hydrogen-bond acceptors (Lipinski definition) is 2. The van der Waals surface area contributed by atoms with Crippen LogP contribution < -0.4 is 0 Å². The van der Waals surface area contributed by atoms with Crippen LogP contribution in [-0.4, -0.2) is 14.5 Å². The van der Waals surface area contributed by atoms with Crippen molar-refractivity contribution in [1.29, 1.82) is 0 Å². The first kappa shape index (κ1) is 11.7. The number of pyridine rings is 1. The number of imidazole rings is 1. The van der Waals surface area contributed by atoms with Crippen molar-refractivity contribution < 1.29 is 5.11 Å². The lowest BCUT2D eigenvalue weighted by molar-refractivity contribution is 0.280. The molecule has 2 heterocycles. The van der Waals surface area contributed by atoms with Gasteiger partial charge in [-0.15, -0.1) is 0 Å². The molecule has 0 radical (unpaired) electrons. The van der Waals surface area contributed by atoms with Gasteiger partial charge in [0.1, 0.15) is 5.65 Å². The zero-order valence-corrected chi connectivity index (χ0v) is 9.78. The van der Waals surface area contributed by atoms with Gasteiger partial charge in [-0.1, -0.05) is 13.8 Å². The third-order valence-corrected chi connectivity index (χ3v) is 2.20. The van der Waals surface area contributed by atoms with Gasteiger partial charge in [0.15, 0.2) is 0 Å². The molecule has 0 spiro atoms. The molecule has 15 heavy (non-hydrogen) atoms. The molecule has 0 aliphatic heterocycles. The topological polar surface area (TPSA) is 37.5 Å². The van der Waals surface area contributed by atoms with E-state index < -0.39 is 0 Å². The van der Waals surface area contributed by atoms with E-state index in [1.165, 1.54) is 0 Å². The van der Waals surface area contributed by atoms with Crippen LogP contribution in [0.4, 0.5) is 0 Å². The van der Waals surface area contributed by atoms with Crippen molar-refractivity contribution in [1.82, 2.24) is 9.38 Å². The average Bonchev–Trinajstić information content (AvgIpc) is 2.59. The van der Waals surface area contributed by atoms with Crippen molar-refractivity contribution in [3.63, 3.8) is 0 Å². The summed E-state index contributed by atoms with van der Waals surface area (Å²) in [6.45, 7) is 8.02. The number of fused-ring (bicyclic) bond motifs is 1. The number of nitrogens with zero attached hydrogens (tertiary/aromatic N) is 2. The van der Waals surface area contributed by atoms with Gasteiger partial charge in [-0.25, -0.2) is 4.98 Å². The fourth-order valence-corrected chi connectivity index (χ4v) is 1.47. The molecule has 2 aromatic rings. The summed E-state index contributed by atoms with van der Waals surface area (Å²) >= 11 is 0. The van der Waals surface area contributed by atoms with Crippen LogP contribution in [0, 0.1) is 13.8 Å². The Balaban J connectivity index is 0.000000531. The van der Waals surface area contributed by atoms with E-state index in [0.717, 1.165) is 22.5 Å². The van der Waals surface area contributed by atoms with Crippen LogP contribution in [0.3, 0.4) is 0 Å². The van der Waals surface area contributed by atoms with Gasteiger partial charge >= 0.3 is 0 Å². The van der Waals surface area contributed by atoms with Crippen LogP contribution >= 0.6 is 0 Å². The van der Waals surface area contributed by atoms with Gasteiger partial charge in [0.05, 0.1) is 12.3 Å². The van der Waals surface area contributed by atoms with Crippen LogP contribution in [0.1, 0.15) is 30.7 Å². The summed E-state index contributed by atoms with van der Waals surface area (Å²) in [7, 11) is 0. The van der Waals surface area contributed by atoms with Gasteiger partial charge in [-0.3, -0.25) is 0 Å². The van der Waals surface area contributed by atoms with E-state index in [1.807, 2.05) is 50.6 Å². The van der Waals surface area contributed by atoms with E-state index in [9.17, 15) is 0 Å². The van der Waals surface area contributed by atoms with Crippen LogP contribution in [0.25, 0.3) is 5.65 Å². The van der Waals surface area contributed by atoms with Crippen molar-refractivity contribution in [2.24, 2.45) is 0 Å². The molecule has 2 aromatic heterocycles. The molecule has 0 saturated carbocycles. The lowest BCUT2D eigenvalue weighted by atomic mass is 10.2. The molecule has 0 atom stereocenters. The molecule has 82 valence electrons. The summed E-state index contributed by atoms with van der Waals surface area (Å²) in [5.74, 6) is 0. The van der Waals surface area contributed by atoms with Gasteiger partial charge in [0.2, 0.25) is 0 Å². The van der Waals surface area contributed by atoms with Crippen LogP contribution in [0.5, 0.6) is 0 Å². The second kappa shape index (κ2) is 4.94. The Morgan fingerprint density at radius 3 is 2.53 bits per heavy atom. The average molecular weight is 206 g/mol. The first-order valence-electron chi connectivity index (χ1n) is 5.26. The van der Waals surface area contributed by atoms with E-state index in [-0.39, 0.29) is 6.61 Å². The van der Waals surface area contributed by atoms with Crippen LogP contribution in [-0.2, 0) is 6.61 Å². The Morgan fingerprint density at radius 1 is 1.27 bits per heavy atom. The number of aromatic nitrogens is 2. The van der Waals surface area contributed by atoms with E-state index in [4.69, 9.17) is 5.11 Å². The molecule has 3 nitrogen and oxygen atoms in total. The Hall–Kier alpha value is -1.35. The highest BCUT2D eigenvalue weighted by atomic mass is 16.3. The summed E-state index contributed by atoms with van der Waals surface area (Å²) < 4.78 is 1.94. The van der Waals surface area contributed by atoms with Crippen molar-refractivity contribution >= 4 is 5.65 Å². The largest absolute Gasteiger partial charge is 0.392 e. The Labute approximate surface area is 90.4 Å². The molecular weight excluding hydrogens is 188 g/mol. The normalized spacial score (nSPS) is 9.93. The molecule has 0 fully saturated rings. The zero-order valence-electron chi connectivity index (χ0n) is 9.78. The number of aryl methyl sites for hydroxylation is 2. The van der Waals surface area contributed by atoms with Gasteiger partial charge in [-0.2, -0.15) is 0 Å². The number of rotatable bonds is 1. The van der Waals surface area contributed by atoms with Gasteiger partial charge in [-0.05, 0) is 31.0 Å². The molecular formula is C12H18N2O. The smallest absolute Gasteiger partial charge is 0.137 e. The summed E-state index contributed by atoms with van der Waals surface area (Å²) in [4.78, 5) is 4.33. The second-order valence-electron chi connectivity index (χ2n) is 3.29. The van der Waals surface area contributed by atoms with E-state index in [1.54, 1.807) is 0 Å². The molecule has 2 rings (SSSR count). The van der Waals surface area contributed by atoms with Crippen molar-refractivity contribution in [3.05, 3.63) is 35.3 Å². The maximum atomic E-state index is 9.05. The minimum absolute atomic E-state index is 0.0823.